The summed E-state index contributed by atoms with van der Waals surface area (Å²) in [5.41, 5.74) is 1.80. The Kier molecular flexibility index (Phi) is 5.10. The molecule has 112 valence electrons. The van der Waals surface area contributed by atoms with E-state index < -0.39 is 0 Å². The first-order valence-electron chi connectivity index (χ1n) is 6.50. The summed E-state index contributed by atoms with van der Waals surface area (Å²) in [5.74, 6) is 0.422. The van der Waals surface area contributed by atoms with Gasteiger partial charge in [-0.1, -0.05) is 11.3 Å². The monoisotopic (exact) mass is 307 g/mol. The first kappa shape index (κ1) is 15.2. The topological polar surface area (TPSA) is 73.2 Å². The van der Waals surface area contributed by atoms with Crippen LogP contribution >= 0.6 is 11.3 Å². The molecule has 0 aliphatic heterocycles. The molecule has 1 N–H and O–H groups in total. The lowest BCUT2D eigenvalue weighted by molar-refractivity contribution is -0.121. The van der Waals surface area contributed by atoms with Crippen molar-refractivity contribution in [2.75, 3.05) is 7.11 Å². The van der Waals surface area contributed by atoms with E-state index in [1.165, 1.54) is 0 Å². The second-order valence-electron chi connectivity index (χ2n) is 4.53. The van der Waals surface area contributed by atoms with E-state index in [1.807, 2.05) is 13.0 Å². The zero-order valence-corrected chi connectivity index (χ0v) is 12.8. The van der Waals surface area contributed by atoms with Crippen LogP contribution in [0.4, 0.5) is 0 Å². The van der Waals surface area contributed by atoms with E-state index in [-0.39, 0.29) is 17.2 Å². The van der Waals surface area contributed by atoms with Gasteiger partial charge in [0.15, 0.2) is 0 Å². The van der Waals surface area contributed by atoms with Crippen LogP contribution in [0.1, 0.15) is 17.7 Å². The quantitative estimate of drug-likeness (QED) is 0.874. The third kappa shape index (κ3) is 4.16. The Labute approximate surface area is 126 Å². The molecule has 0 fully saturated rings. The van der Waals surface area contributed by atoms with Crippen LogP contribution in [-0.4, -0.2) is 22.6 Å². The zero-order chi connectivity index (χ0) is 15.2. The molecule has 21 heavy (non-hydrogen) atoms. The number of carbonyl (C=O) groups is 1. The van der Waals surface area contributed by atoms with Crippen LogP contribution in [0.5, 0.6) is 5.88 Å². The van der Waals surface area contributed by atoms with E-state index in [0.29, 0.717) is 19.0 Å². The lowest BCUT2D eigenvalue weighted by Crippen LogP contribution is -2.26. The number of ether oxygens (including phenoxy) is 1. The van der Waals surface area contributed by atoms with Gasteiger partial charge in [-0.25, -0.2) is 4.98 Å². The summed E-state index contributed by atoms with van der Waals surface area (Å²) in [4.78, 5) is 27.3. The van der Waals surface area contributed by atoms with E-state index in [4.69, 9.17) is 4.74 Å². The number of hydrogen-bond acceptors (Lipinski definition) is 5. The molecule has 6 nitrogen and oxygen atoms in total. The minimum Gasteiger partial charge on any atom is -0.481 e. The lowest BCUT2D eigenvalue weighted by atomic mass is 10.2. The largest absolute Gasteiger partial charge is 0.481 e. The number of amides is 1. The number of rotatable bonds is 6. The maximum atomic E-state index is 11.8. The molecule has 0 saturated carbocycles. The van der Waals surface area contributed by atoms with Crippen molar-refractivity contribution in [3.63, 3.8) is 0 Å². The Hall–Kier alpha value is -2.15. The molecule has 0 saturated heterocycles. The van der Waals surface area contributed by atoms with Crippen molar-refractivity contribution in [1.82, 2.24) is 14.9 Å². The molecule has 0 radical (unpaired) electrons. The van der Waals surface area contributed by atoms with Crippen molar-refractivity contribution in [2.45, 2.75) is 26.4 Å². The predicted octanol–water partition coefficient (Wildman–Crippen LogP) is 1.33. The van der Waals surface area contributed by atoms with Gasteiger partial charge in [0.05, 0.1) is 7.11 Å². The number of hydrogen-bond donors (Lipinski definition) is 1. The van der Waals surface area contributed by atoms with E-state index in [2.05, 4.69) is 10.3 Å². The minimum atomic E-state index is -0.0942. The maximum Gasteiger partial charge on any atom is 0.307 e. The number of pyridine rings is 1. The van der Waals surface area contributed by atoms with Gasteiger partial charge in [-0.3, -0.25) is 9.59 Å². The zero-order valence-electron chi connectivity index (χ0n) is 12.0. The van der Waals surface area contributed by atoms with Gasteiger partial charge in [0.25, 0.3) is 0 Å². The fourth-order valence-corrected chi connectivity index (χ4v) is 2.61. The summed E-state index contributed by atoms with van der Waals surface area (Å²) in [7, 11) is 1.55. The van der Waals surface area contributed by atoms with Crippen LogP contribution in [0.3, 0.4) is 0 Å². The molecule has 2 rings (SSSR count). The summed E-state index contributed by atoms with van der Waals surface area (Å²) in [6.07, 6.45) is 1.91. The molecule has 0 aliphatic carbocycles. The Morgan fingerprint density at radius 3 is 3.00 bits per heavy atom. The molecule has 2 aromatic rings. The van der Waals surface area contributed by atoms with Crippen LogP contribution < -0.4 is 14.9 Å². The molecular formula is C14H17N3O3S. The molecule has 0 atom stereocenters. The molecule has 0 aliphatic rings. The van der Waals surface area contributed by atoms with Gasteiger partial charge in [-0.2, -0.15) is 0 Å². The number of methoxy groups -OCH3 is 1. The van der Waals surface area contributed by atoms with Crippen molar-refractivity contribution >= 4 is 17.2 Å². The van der Waals surface area contributed by atoms with Crippen molar-refractivity contribution in [1.29, 1.82) is 0 Å². The van der Waals surface area contributed by atoms with Crippen molar-refractivity contribution in [2.24, 2.45) is 0 Å². The average molecular weight is 307 g/mol. The van der Waals surface area contributed by atoms with Gasteiger partial charge in [-0.05, 0) is 18.6 Å². The van der Waals surface area contributed by atoms with Crippen molar-refractivity contribution < 1.29 is 9.53 Å². The van der Waals surface area contributed by atoms with Crippen molar-refractivity contribution in [3.8, 4) is 5.88 Å². The van der Waals surface area contributed by atoms with E-state index in [1.54, 1.807) is 29.3 Å². The Morgan fingerprint density at radius 2 is 2.33 bits per heavy atom. The predicted molar refractivity (Wildman–Crippen MR) is 80.6 cm³/mol. The van der Waals surface area contributed by atoms with E-state index >= 15 is 0 Å². The van der Waals surface area contributed by atoms with Crippen LogP contribution in [0.2, 0.25) is 0 Å². The number of nitrogens with zero attached hydrogens (tertiary/aromatic N) is 2. The molecule has 2 aromatic heterocycles. The SMILES string of the molecule is COc1cc(CNC(=O)CCn2c(C)csc2=O)ccn1. The first-order valence-corrected chi connectivity index (χ1v) is 7.38. The van der Waals surface area contributed by atoms with Gasteiger partial charge < -0.3 is 14.6 Å². The summed E-state index contributed by atoms with van der Waals surface area (Å²) >= 11 is 1.15. The summed E-state index contributed by atoms with van der Waals surface area (Å²) in [5, 5.41) is 4.61. The van der Waals surface area contributed by atoms with Gasteiger partial charge >= 0.3 is 4.87 Å². The highest BCUT2D eigenvalue weighted by molar-refractivity contribution is 7.07. The Morgan fingerprint density at radius 1 is 1.52 bits per heavy atom. The summed E-state index contributed by atoms with van der Waals surface area (Å²) in [6.45, 7) is 2.67. The second kappa shape index (κ2) is 7.03. The van der Waals surface area contributed by atoms with Gasteiger partial charge in [0.2, 0.25) is 11.8 Å². The van der Waals surface area contributed by atoms with Gasteiger partial charge in [-0.15, -0.1) is 0 Å². The number of carbonyl (C=O) groups excluding carboxylic acids is 1. The molecular weight excluding hydrogens is 290 g/mol. The van der Waals surface area contributed by atoms with E-state index in [9.17, 15) is 9.59 Å². The summed E-state index contributed by atoms with van der Waals surface area (Å²) < 4.78 is 6.63. The third-order valence-electron chi connectivity index (χ3n) is 3.04. The molecule has 1 amide bonds. The molecule has 0 bridgehead atoms. The van der Waals surface area contributed by atoms with Crippen LogP contribution in [0.15, 0.2) is 28.5 Å². The molecule has 7 heteroatoms. The van der Waals surface area contributed by atoms with Gasteiger partial charge in [0, 0.05) is 42.8 Å². The number of nitrogens with one attached hydrogen (secondary N) is 1. The normalized spacial score (nSPS) is 10.4. The fourth-order valence-electron chi connectivity index (χ4n) is 1.85. The fraction of sp³-hybridized carbons (Fsp3) is 0.357. The van der Waals surface area contributed by atoms with E-state index in [0.717, 1.165) is 22.6 Å². The lowest BCUT2D eigenvalue weighted by Gasteiger charge is -2.07. The van der Waals surface area contributed by atoms with Crippen molar-refractivity contribution in [3.05, 3.63) is 44.6 Å². The Balaban J connectivity index is 1.83. The highest BCUT2D eigenvalue weighted by atomic mass is 32.1. The highest BCUT2D eigenvalue weighted by Crippen LogP contribution is 2.08. The maximum absolute atomic E-state index is 11.8. The Bertz CT molecular complexity index is 678. The van der Waals surface area contributed by atoms with Crippen LogP contribution in [0.25, 0.3) is 0 Å². The molecule has 0 unspecified atom stereocenters. The third-order valence-corrected chi connectivity index (χ3v) is 3.92. The molecule has 0 aromatic carbocycles. The minimum absolute atomic E-state index is 0.0285. The standard InChI is InChI=1S/C14H17N3O3S/c1-10-9-21-14(19)17(10)6-4-12(18)16-8-11-3-5-15-13(7-11)20-2/h3,5,7,9H,4,6,8H2,1-2H3,(H,16,18). The molecule has 2 heterocycles. The van der Waals surface area contributed by atoms with Gasteiger partial charge in [0.1, 0.15) is 0 Å². The molecule has 0 spiro atoms. The highest BCUT2D eigenvalue weighted by Gasteiger charge is 2.06. The number of aryl methyl sites for hydroxylation is 1. The van der Waals surface area contributed by atoms with Crippen LogP contribution in [-0.2, 0) is 17.9 Å². The summed E-state index contributed by atoms with van der Waals surface area (Å²) in [6, 6.07) is 3.59. The number of thiazole rings is 1. The average Bonchev–Trinajstić information content (AvgIpc) is 2.82. The second-order valence-corrected chi connectivity index (χ2v) is 5.35. The number of aromatic nitrogens is 2. The smallest absolute Gasteiger partial charge is 0.307 e. The van der Waals surface area contributed by atoms with Crippen LogP contribution in [0, 0.1) is 6.92 Å². The first-order chi connectivity index (χ1) is 10.1.